The first kappa shape index (κ1) is 18.0. The normalized spacial score (nSPS) is 20.3. The Balaban J connectivity index is 2.34. The van der Waals surface area contributed by atoms with Gasteiger partial charge in [0.2, 0.25) is 0 Å². The summed E-state index contributed by atoms with van der Waals surface area (Å²) in [6, 6.07) is 7.93. The van der Waals surface area contributed by atoms with Crippen LogP contribution in [0.5, 0.6) is 5.75 Å². The van der Waals surface area contributed by atoms with E-state index in [4.69, 9.17) is 13.9 Å². The lowest BCUT2D eigenvalue weighted by atomic mass is 9.95. The second-order valence-electron chi connectivity index (χ2n) is 7.72. The molecule has 128 valence electrons. The van der Waals surface area contributed by atoms with Crippen LogP contribution in [0.1, 0.15) is 38.9 Å². The molecule has 4 nitrogen and oxygen atoms in total. The predicted molar refractivity (Wildman–Crippen MR) is 93.1 cm³/mol. The number of cyclic esters (lactones) is 1. The minimum atomic E-state index is -1.98. The second-order valence-corrected chi connectivity index (χ2v) is 12.5. The first-order valence-electron chi connectivity index (χ1n) is 8.11. The van der Waals surface area contributed by atoms with Crippen LogP contribution >= 0.6 is 0 Å². The van der Waals surface area contributed by atoms with Crippen molar-refractivity contribution < 1.29 is 18.7 Å². The number of ether oxygens (including phenoxy) is 2. The molecule has 0 aliphatic carbocycles. The second kappa shape index (κ2) is 6.65. The fourth-order valence-corrected chi connectivity index (χ4v) is 3.79. The number of rotatable bonds is 5. The van der Waals surface area contributed by atoms with Gasteiger partial charge in [-0.2, -0.15) is 0 Å². The molecule has 0 bridgehead atoms. The molecule has 1 aromatic carbocycles. The molecule has 1 fully saturated rings. The van der Waals surface area contributed by atoms with Gasteiger partial charge < -0.3 is 13.9 Å². The topological polar surface area (TPSA) is 44.8 Å². The minimum Gasteiger partial charge on any atom is -0.497 e. The molecule has 0 amide bonds. The SMILES string of the molecule is COc1cccc([C@H](O[Si](C)(C)C(C)(C)C)[C@H]2COC(=O)C2)c1. The van der Waals surface area contributed by atoms with Crippen LogP contribution in [-0.2, 0) is 14.0 Å². The van der Waals surface area contributed by atoms with Crippen LogP contribution < -0.4 is 4.74 Å². The Kier molecular flexibility index (Phi) is 5.21. The van der Waals surface area contributed by atoms with Crippen LogP contribution in [0.15, 0.2) is 24.3 Å². The van der Waals surface area contributed by atoms with Crippen molar-refractivity contribution >= 4 is 14.3 Å². The Morgan fingerprint density at radius 3 is 2.52 bits per heavy atom. The molecule has 1 aliphatic rings. The lowest BCUT2D eigenvalue weighted by Gasteiger charge is -2.40. The number of benzene rings is 1. The Hall–Kier alpha value is -1.33. The van der Waals surface area contributed by atoms with E-state index in [1.165, 1.54) is 0 Å². The summed E-state index contributed by atoms with van der Waals surface area (Å²) in [5.41, 5.74) is 1.05. The molecule has 2 atom stereocenters. The zero-order valence-corrected chi connectivity index (χ0v) is 16.0. The highest BCUT2D eigenvalue weighted by Crippen LogP contribution is 2.43. The maximum atomic E-state index is 11.6. The average molecular weight is 337 g/mol. The van der Waals surface area contributed by atoms with Gasteiger partial charge in [-0.3, -0.25) is 4.79 Å². The molecule has 0 radical (unpaired) electrons. The Morgan fingerprint density at radius 2 is 2.00 bits per heavy atom. The number of hydrogen-bond acceptors (Lipinski definition) is 4. The summed E-state index contributed by atoms with van der Waals surface area (Å²) in [7, 11) is -0.318. The van der Waals surface area contributed by atoms with Gasteiger partial charge in [0.05, 0.1) is 26.2 Å². The third-order valence-electron chi connectivity index (χ3n) is 4.97. The van der Waals surface area contributed by atoms with Gasteiger partial charge in [-0.1, -0.05) is 32.9 Å². The lowest BCUT2D eigenvalue weighted by molar-refractivity contribution is -0.137. The van der Waals surface area contributed by atoms with Gasteiger partial charge in [0, 0.05) is 5.92 Å². The van der Waals surface area contributed by atoms with Crippen LogP contribution in [0, 0.1) is 5.92 Å². The number of methoxy groups -OCH3 is 1. The molecule has 0 unspecified atom stereocenters. The molecule has 0 saturated carbocycles. The fraction of sp³-hybridized carbons (Fsp3) is 0.611. The van der Waals surface area contributed by atoms with Gasteiger partial charge in [-0.05, 0) is 35.8 Å². The van der Waals surface area contributed by atoms with E-state index in [0.717, 1.165) is 11.3 Å². The third-order valence-corrected chi connectivity index (χ3v) is 9.42. The maximum absolute atomic E-state index is 11.6. The third kappa shape index (κ3) is 4.15. The molecule has 1 saturated heterocycles. The zero-order chi connectivity index (χ0) is 17.3. The lowest BCUT2D eigenvalue weighted by Crippen LogP contribution is -2.43. The van der Waals surface area contributed by atoms with Crippen LogP contribution in [0.2, 0.25) is 18.1 Å². The monoisotopic (exact) mass is 336 g/mol. The molecule has 1 aromatic rings. The van der Waals surface area contributed by atoms with Crippen LogP contribution in [0.25, 0.3) is 0 Å². The van der Waals surface area contributed by atoms with Gasteiger partial charge in [-0.15, -0.1) is 0 Å². The molecule has 2 rings (SSSR count). The molecule has 1 aliphatic heterocycles. The first-order valence-corrected chi connectivity index (χ1v) is 11.0. The average Bonchev–Trinajstić information content (AvgIpc) is 2.90. The Morgan fingerprint density at radius 1 is 1.30 bits per heavy atom. The summed E-state index contributed by atoms with van der Waals surface area (Å²) in [5, 5.41) is 0.105. The molecular formula is C18H28O4Si. The van der Waals surface area contributed by atoms with Crippen molar-refractivity contribution in [2.75, 3.05) is 13.7 Å². The van der Waals surface area contributed by atoms with E-state index in [9.17, 15) is 4.79 Å². The number of carbonyl (C=O) groups is 1. The molecule has 0 aromatic heterocycles. The van der Waals surface area contributed by atoms with E-state index < -0.39 is 8.32 Å². The summed E-state index contributed by atoms with van der Waals surface area (Å²) in [6.07, 6.45) is 0.272. The van der Waals surface area contributed by atoms with Crippen molar-refractivity contribution in [3.63, 3.8) is 0 Å². The van der Waals surface area contributed by atoms with E-state index >= 15 is 0 Å². The van der Waals surface area contributed by atoms with E-state index in [1.54, 1.807) is 7.11 Å². The quantitative estimate of drug-likeness (QED) is 0.593. The molecule has 1 heterocycles. The highest BCUT2D eigenvalue weighted by Gasteiger charge is 2.43. The fourth-order valence-electron chi connectivity index (χ4n) is 2.48. The number of esters is 1. The first-order chi connectivity index (χ1) is 10.6. The van der Waals surface area contributed by atoms with Crippen molar-refractivity contribution in [3.05, 3.63) is 29.8 Å². The highest BCUT2D eigenvalue weighted by atomic mass is 28.4. The molecule has 23 heavy (non-hydrogen) atoms. The Labute approximate surface area is 140 Å². The van der Waals surface area contributed by atoms with E-state index in [2.05, 4.69) is 33.9 Å². The van der Waals surface area contributed by atoms with Crippen LogP contribution in [0.3, 0.4) is 0 Å². The van der Waals surface area contributed by atoms with Gasteiger partial charge in [0.1, 0.15) is 5.75 Å². The summed E-state index contributed by atoms with van der Waals surface area (Å²) in [4.78, 5) is 11.6. The van der Waals surface area contributed by atoms with E-state index in [1.807, 2.05) is 24.3 Å². The molecule has 0 N–H and O–H groups in total. The van der Waals surface area contributed by atoms with Crippen molar-refractivity contribution in [1.82, 2.24) is 0 Å². The number of hydrogen-bond donors (Lipinski definition) is 0. The standard InChI is InChI=1S/C18H28O4Si/c1-18(2,3)23(5,6)22-17(14-11-16(19)21-12-14)13-8-7-9-15(10-13)20-4/h7-10,14,17H,11-12H2,1-6H3/t14-,17+/m1/s1. The molecule has 5 heteroatoms. The molecular weight excluding hydrogens is 308 g/mol. The van der Waals surface area contributed by atoms with Gasteiger partial charge in [0.15, 0.2) is 8.32 Å². The summed E-state index contributed by atoms with van der Waals surface area (Å²) in [5.74, 6) is 0.724. The van der Waals surface area contributed by atoms with Crippen molar-refractivity contribution in [3.8, 4) is 5.75 Å². The summed E-state index contributed by atoms with van der Waals surface area (Å²) < 4.78 is 17.2. The van der Waals surface area contributed by atoms with Crippen molar-refractivity contribution in [2.24, 2.45) is 5.92 Å². The predicted octanol–water partition coefficient (Wildman–Crippen LogP) is 4.32. The van der Waals surface area contributed by atoms with Gasteiger partial charge in [-0.25, -0.2) is 0 Å². The zero-order valence-electron chi connectivity index (χ0n) is 15.0. The van der Waals surface area contributed by atoms with Crippen molar-refractivity contribution in [1.29, 1.82) is 0 Å². The number of carbonyl (C=O) groups excluding carboxylic acids is 1. The van der Waals surface area contributed by atoms with E-state index in [-0.39, 0.29) is 23.0 Å². The van der Waals surface area contributed by atoms with Crippen molar-refractivity contribution in [2.45, 2.75) is 51.4 Å². The summed E-state index contributed by atoms with van der Waals surface area (Å²) >= 11 is 0. The van der Waals surface area contributed by atoms with E-state index in [0.29, 0.717) is 13.0 Å². The van der Waals surface area contributed by atoms with Gasteiger partial charge >= 0.3 is 5.97 Å². The van der Waals surface area contributed by atoms with Crippen LogP contribution in [0.4, 0.5) is 0 Å². The summed E-state index contributed by atoms with van der Waals surface area (Å²) in [6.45, 7) is 11.6. The minimum absolute atomic E-state index is 0.0590. The smallest absolute Gasteiger partial charge is 0.306 e. The largest absolute Gasteiger partial charge is 0.497 e. The highest BCUT2D eigenvalue weighted by molar-refractivity contribution is 6.74. The van der Waals surface area contributed by atoms with Crippen LogP contribution in [-0.4, -0.2) is 28.0 Å². The maximum Gasteiger partial charge on any atom is 0.306 e. The van der Waals surface area contributed by atoms with Gasteiger partial charge in [0.25, 0.3) is 0 Å². The Bertz CT molecular complexity index is 562. The molecule has 0 spiro atoms.